The number of para-hydroxylation sites is 1. The SMILES string of the molecule is CCc1nc2n(n1)[C@@H](CC(=O)Nc1ccccc1C(F)(F)F)C(=O)N2. The van der Waals surface area contributed by atoms with E-state index in [0.717, 1.165) is 12.1 Å². The van der Waals surface area contributed by atoms with Crippen molar-refractivity contribution in [1.82, 2.24) is 14.8 Å². The van der Waals surface area contributed by atoms with Crippen molar-refractivity contribution in [1.29, 1.82) is 0 Å². The van der Waals surface area contributed by atoms with Gasteiger partial charge in [0.2, 0.25) is 11.9 Å². The highest BCUT2D eigenvalue weighted by molar-refractivity contribution is 6.01. The fraction of sp³-hybridized carbons (Fsp3) is 0.333. The van der Waals surface area contributed by atoms with E-state index >= 15 is 0 Å². The molecule has 2 aromatic rings. The molecule has 0 radical (unpaired) electrons. The number of aromatic nitrogens is 3. The van der Waals surface area contributed by atoms with Crippen molar-refractivity contribution in [2.24, 2.45) is 0 Å². The average molecular weight is 353 g/mol. The number of carbonyl (C=O) groups excluding carboxylic acids is 2. The van der Waals surface area contributed by atoms with Gasteiger partial charge in [0, 0.05) is 6.42 Å². The molecule has 25 heavy (non-hydrogen) atoms. The zero-order valence-electron chi connectivity index (χ0n) is 13.1. The first-order chi connectivity index (χ1) is 11.8. The van der Waals surface area contributed by atoms with Crippen molar-refractivity contribution < 1.29 is 22.8 Å². The van der Waals surface area contributed by atoms with Crippen LogP contribution in [0.5, 0.6) is 0 Å². The monoisotopic (exact) mass is 353 g/mol. The number of carbonyl (C=O) groups is 2. The molecule has 0 spiro atoms. The number of aryl methyl sites for hydroxylation is 1. The van der Waals surface area contributed by atoms with Crippen LogP contribution in [0.4, 0.5) is 24.8 Å². The molecule has 2 heterocycles. The molecule has 1 atom stereocenters. The minimum atomic E-state index is -4.59. The Labute approximate surface area is 140 Å². The van der Waals surface area contributed by atoms with Crippen LogP contribution in [0, 0.1) is 0 Å². The molecule has 7 nitrogen and oxygen atoms in total. The van der Waals surface area contributed by atoms with E-state index < -0.39 is 29.6 Å². The summed E-state index contributed by atoms with van der Waals surface area (Å²) >= 11 is 0. The van der Waals surface area contributed by atoms with E-state index in [4.69, 9.17) is 0 Å². The predicted molar refractivity (Wildman–Crippen MR) is 81.8 cm³/mol. The first-order valence-corrected chi connectivity index (χ1v) is 7.52. The summed E-state index contributed by atoms with van der Waals surface area (Å²) in [7, 11) is 0. The number of nitrogens with zero attached hydrogens (tertiary/aromatic N) is 3. The number of hydrogen-bond acceptors (Lipinski definition) is 4. The predicted octanol–water partition coefficient (Wildman–Crippen LogP) is 2.38. The molecule has 3 rings (SSSR count). The summed E-state index contributed by atoms with van der Waals surface area (Å²) in [6.07, 6.45) is -4.39. The van der Waals surface area contributed by atoms with Crippen molar-refractivity contribution in [3.63, 3.8) is 0 Å². The van der Waals surface area contributed by atoms with Crippen LogP contribution in [0.3, 0.4) is 0 Å². The summed E-state index contributed by atoms with van der Waals surface area (Å²) in [5.41, 5.74) is -1.31. The summed E-state index contributed by atoms with van der Waals surface area (Å²) in [6, 6.07) is 3.71. The van der Waals surface area contributed by atoms with Crippen LogP contribution in [-0.4, -0.2) is 26.6 Å². The quantitative estimate of drug-likeness (QED) is 0.883. The van der Waals surface area contributed by atoms with Crippen LogP contribution in [0.2, 0.25) is 0 Å². The Bertz CT molecular complexity index is 831. The van der Waals surface area contributed by atoms with Crippen molar-refractivity contribution in [2.75, 3.05) is 10.6 Å². The first kappa shape index (κ1) is 16.9. The third kappa shape index (κ3) is 3.32. The van der Waals surface area contributed by atoms with E-state index in [1.165, 1.54) is 16.8 Å². The summed E-state index contributed by atoms with van der Waals surface area (Å²) in [5, 5.41) is 8.83. The fourth-order valence-corrected chi connectivity index (χ4v) is 2.52. The van der Waals surface area contributed by atoms with Crippen LogP contribution >= 0.6 is 0 Å². The van der Waals surface area contributed by atoms with Gasteiger partial charge in [0.25, 0.3) is 5.91 Å². The Morgan fingerprint density at radius 2 is 2.08 bits per heavy atom. The number of nitrogens with one attached hydrogen (secondary N) is 2. The maximum atomic E-state index is 13.0. The van der Waals surface area contributed by atoms with E-state index in [1.807, 2.05) is 6.92 Å². The van der Waals surface area contributed by atoms with Crippen LogP contribution in [-0.2, 0) is 22.2 Å². The standard InChI is InChI=1S/C15H14F3N5O2/c1-2-11-20-14-21-13(25)10(23(14)22-11)7-12(24)19-9-6-4-3-5-8(9)15(16,17)18/h3-6,10H,2,7H2,1H3,(H,19,24)(H,20,21,22,25)/t10-/m0/s1. The summed E-state index contributed by atoms with van der Waals surface area (Å²) in [6.45, 7) is 1.84. The van der Waals surface area contributed by atoms with E-state index in [1.54, 1.807) is 0 Å². The second kappa shape index (κ2) is 6.19. The molecule has 0 fully saturated rings. The van der Waals surface area contributed by atoms with E-state index in [0.29, 0.717) is 12.2 Å². The number of fused-ring (bicyclic) bond motifs is 1. The molecule has 2 N–H and O–H groups in total. The zero-order chi connectivity index (χ0) is 18.2. The van der Waals surface area contributed by atoms with Crippen molar-refractivity contribution in [2.45, 2.75) is 32.0 Å². The highest BCUT2D eigenvalue weighted by Gasteiger charge is 2.36. The van der Waals surface area contributed by atoms with Gasteiger partial charge in [-0.3, -0.25) is 14.9 Å². The molecule has 0 bridgehead atoms. The van der Waals surface area contributed by atoms with Crippen molar-refractivity contribution >= 4 is 23.5 Å². The molecule has 2 amide bonds. The van der Waals surface area contributed by atoms with Crippen LogP contribution in [0.25, 0.3) is 0 Å². The number of halogens is 3. The molecule has 0 saturated carbocycles. The number of hydrogen-bond donors (Lipinski definition) is 2. The zero-order valence-corrected chi connectivity index (χ0v) is 13.1. The molecule has 1 aromatic carbocycles. The first-order valence-electron chi connectivity index (χ1n) is 7.52. The number of benzene rings is 1. The lowest BCUT2D eigenvalue weighted by atomic mass is 10.1. The van der Waals surface area contributed by atoms with Crippen LogP contribution < -0.4 is 10.6 Å². The number of alkyl halides is 3. The Kier molecular flexibility index (Phi) is 4.19. The maximum absolute atomic E-state index is 13.0. The maximum Gasteiger partial charge on any atom is 0.418 e. The Hall–Kier alpha value is -2.91. The van der Waals surface area contributed by atoms with Crippen LogP contribution in [0.15, 0.2) is 24.3 Å². The Morgan fingerprint density at radius 3 is 2.76 bits per heavy atom. The number of anilines is 2. The van der Waals surface area contributed by atoms with Gasteiger partial charge in [-0.1, -0.05) is 19.1 Å². The van der Waals surface area contributed by atoms with Gasteiger partial charge >= 0.3 is 6.18 Å². The van der Waals surface area contributed by atoms with Gasteiger partial charge in [0.05, 0.1) is 17.7 Å². The number of rotatable bonds is 4. The Morgan fingerprint density at radius 1 is 1.36 bits per heavy atom. The van der Waals surface area contributed by atoms with Crippen molar-refractivity contribution in [3.05, 3.63) is 35.7 Å². The smallest absolute Gasteiger partial charge is 0.325 e. The normalized spacial score (nSPS) is 16.5. The van der Waals surface area contributed by atoms with Crippen LogP contribution in [0.1, 0.15) is 30.8 Å². The van der Waals surface area contributed by atoms with Gasteiger partial charge in [-0.2, -0.15) is 23.3 Å². The highest BCUT2D eigenvalue weighted by Crippen LogP contribution is 2.35. The summed E-state index contributed by atoms with van der Waals surface area (Å²) < 4.78 is 40.2. The van der Waals surface area contributed by atoms with Gasteiger partial charge in [0.15, 0.2) is 5.82 Å². The van der Waals surface area contributed by atoms with Gasteiger partial charge in [-0.15, -0.1) is 0 Å². The second-order valence-corrected chi connectivity index (χ2v) is 5.45. The van der Waals surface area contributed by atoms with Crippen molar-refractivity contribution in [3.8, 4) is 0 Å². The lowest BCUT2D eigenvalue weighted by Gasteiger charge is -2.14. The molecule has 1 aliphatic rings. The minimum Gasteiger partial charge on any atom is -0.325 e. The van der Waals surface area contributed by atoms with E-state index in [-0.39, 0.29) is 18.1 Å². The molecule has 1 aliphatic heterocycles. The van der Waals surface area contributed by atoms with Gasteiger partial charge in [-0.05, 0) is 12.1 Å². The lowest BCUT2D eigenvalue weighted by Crippen LogP contribution is -2.24. The molecular formula is C15H14F3N5O2. The van der Waals surface area contributed by atoms with E-state index in [9.17, 15) is 22.8 Å². The second-order valence-electron chi connectivity index (χ2n) is 5.45. The third-order valence-corrected chi connectivity index (χ3v) is 3.71. The van der Waals surface area contributed by atoms with Gasteiger partial charge in [0.1, 0.15) is 6.04 Å². The largest absolute Gasteiger partial charge is 0.418 e. The van der Waals surface area contributed by atoms with Gasteiger partial charge in [-0.25, -0.2) is 4.68 Å². The molecule has 0 aliphatic carbocycles. The molecule has 10 heteroatoms. The highest BCUT2D eigenvalue weighted by atomic mass is 19.4. The fourth-order valence-electron chi connectivity index (χ4n) is 2.52. The topological polar surface area (TPSA) is 88.9 Å². The third-order valence-electron chi connectivity index (χ3n) is 3.71. The lowest BCUT2D eigenvalue weighted by molar-refractivity contribution is -0.137. The summed E-state index contributed by atoms with van der Waals surface area (Å²) in [5.74, 6) is -0.465. The molecule has 0 saturated heterocycles. The minimum absolute atomic E-state index is 0.232. The summed E-state index contributed by atoms with van der Waals surface area (Å²) in [4.78, 5) is 28.2. The van der Waals surface area contributed by atoms with Gasteiger partial charge < -0.3 is 5.32 Å². The number of amides is 2. The average Bonchev–Trinajstić information content (AvgIpc) is 3.05. The Balaban J connectivity index is 1.76. The molecule has 0 unspecified atom stereocenters. The molecular weight excluding hydrogens is 339 g/mol. The molecule has 132 valence electrons. The molecule has 1 aromatic heterocycles. The van der Waals surface area contributed by atoms with E-state index in [2.05, 4.69) is 20.7 Å².